The number of aromatic nitrogens is 2. The maximum absolute atomic E-state index is 4.66. The topological polar surface area (TPSA) is 17.3 Å². The Balaban J connectivity index is 2.02. The molecule has 3 aromatic rings. The zero-order chi connectivity index (χ0) is 14.3. The number of hydrogen-bond donors (Lipinski definition) is 0. The van der Waals surface area contributed by atoms with E-state index in [-0.39, 0.29) is 5.41 Å². The Kier molecular flexibility index (Phi) is 3.17. The molecule has 3 heteroatoms. The number of benzene rings is 1. The van der Waals surface area contributed by atoms with Crippen molar-refractivity contribution in [3.05, 3.63) is 58.8 Å². The van der Waals surface area contributed by atoms with Crippen LogP contribution in [0.25, 0.3) is 16.9 Å². The van der Waals surface area contributed by atoms with E-state index in [9.17, 15) is 0 Å². The summed E-state index contributed by atoms with van der Waals surface area (Å²) in [6.07, 6.45) is 4.08. The highest BCUT2D eigenvalue weighted by Crippen LogP contribution is 2.26. The van der Waals surface area contributed by atoms with Gasteiger partial charge in [-0.2, -0.15) is 0 Å². The normalized spacial score (nSPS) is 12.0. The smallest absolute Gasteiger partial charge is 0.137 e. The second-order valence-electron chi connectivity index (χ2n) is 6.07. The fourth-order valence-corrected chi connectivity index (χ4v) is 2.60. The van der Waals surface area contributed by atoms with E-state index in [2.05, 4.69) is 72.1 Å². The highest BCUT2D eigenvalue weighted by atomic mass is 79.9. The van der Waals surface area contributed by atoms with Crippen molar-refractivity contribution >= 4 is 21.6 Å². The third-order valence-electron chi connectivity index (χ3n) is 3.46. The number of nitrogens with zero attached hydrogens (tertiary/aromatic N) is 2. The summed E-state index contributed by atoms with van der Waals surface area (Å²) in [6.45, 7) is 6.68. The van der Waals surface area contributed by atoms with E-state index in [0.29, 0.717) is 0 Å². The largest absolute Gasteiger partial charge is 0.305 e. The van der Waals surface area contributed by atoms with Crippen molar-refractivity contribution < 1.29 is 0 Å². The molecule has 20 heavy (non-hydrogen) atoms. The van der Waals surface area contributed by atoms with Gasteiger partial charge < -0.3 is 4.40 Å². The molecule has 2 nitrogen and oxygen atoms in total. The Morgan fingerprint density at radius 3 is 2.30 bits per heavy atom. The molecular weight excluding hydrogens is 312 g/mol. The molecule has 102 valence electrons. The van der Waals surface area contributed by atoms with Crippen LogP contribution >= 0.6 is 15.9 Å². The highest BCUT2D eigenvalue weighted by Gasteiger charge is 2.13. The van der Waals surface area contributed by atoms with Crippen LogP contribution in [0.5, 0.6) is 0 Å². The van der Waals surface area contributed by atoms with Gasteiger partial charge in [0.05, 0.1) is 5.69 Å². The second-order valence-corrected chi connectivity index (χ2v) is 6.98. The molecule has 0 saturated heterocycles. The van der Waals surface area contributed by atoms with Crippen molar-refractivity contribution in [3.63, 3.8) is 0 Å². The molecule has 0 saturated carbocycles. The standard InChI is InChI=1S/C17H17BrN2/c1-17(2,3)13-6-4-12(5-7-13)15-11-20-10-14(18)8-9-16(20)19-15/h4-11H,1-3H3. The van der Waals surface area contributed by atoms with Crippen molar-refractivity contribution in [1.29, 1.82) is 0 Å². The highest BCUT2D eigenvalue weighted by molar-refractivity contribution is 9.10. The molecule has 1 aromatic carbocycles. The molecule has 3 rings (SSSR count). The SMILES string of the molecule is CC(C)(C)c1ccc(-c2cn3cc(Br)ccc3n2)cc1. The van der Waals surface area contributed by atoms with Crippen molar-refractivity contribution in [1.82, 2.24) is 9.38 Å². The monoisotopic (exact) mass is 328 g/mol. The first-order valence-electron chi connectivity index (χ1n) is 6.69. The lowest BCUT2D eigenvalue weighted by Crippen LogP contribution is -2.10. The lowest BCUT2D eigenvalue weighted by molar-refractivity contribution is 0.590. The van der Waals surface area contributed by atoms with Gasteiger partial charge in [0.2, 0.25) is 0 Å². The molecule has 0 spiro atoms. The van der Waals surface area contributed by atoms with Crippen LogP contribution in [0.2, 0.25) is 0 Å². The summed E-state index contributed by atoms with van der Waals surface area (Å²) in [7, 11) is 0. The van der Waals surface area contributed by atoms with Crippen LogP contribution in [0.1, 0.15) is 26.3 Å². The van der Waals surface area contributed by atoms with Gasteiger partial charge >= 0.3 is 0 Å². The summed E-state index contributed by atoms with van der Waals surface area (Å²) in [4.78, 5) is 4.66. The van der Waals surface area contributed by atoms with E-state index in [1.807, 2.05) is 22.7 Å². The van der Waals surface area contributed by atoms with Crippen LogP contribution in [0, 0.1) is 0 Å². The summed E-state index contributed by atoms with van der Waals surface area (Å²) in [5, 5.41) is 0. The summed E-state index contributed by atoms with van der Waals surface area (Å²) < 4.78 is 3.09. The molecule has 0 radical (unpaired) electrons. The molecule has 0 N–H and O–H groups in total. The third kappa shape index (κ3) is 2.50. The van der Waals surface area contributed by atoms with Crippen molar-refractivity contribution in [2.75, 3.05) is 0 Å². The average Bonchev–Trinajstić information content (AvgIpc) is 2.80. The molecule has 0 atom stereocenters. The Bertz CT molecular complexity index is 749. The van der Waals surface area contributed by atoms with E-state index in [1.165, 1.54) is 5.56 Å². The Morgan fingerprint density at radius 2 is 1.65 bits per heavy atom. The summed E-state index contributed by atoms with van der Waals surface area (Å²) >= 11 is 3.48. The molecule has 2 aromatic heterocycles. The minimum atomic E-state index is 0.183. The Morgan fingerprint density at radius 1 is 0.950 bits per heavy atom. The molecule has 0 aliphatic carbocycles. The molecule has 0 aliphatic rings. The predicted molar refractivity (Wildman–Crippen MR) is 87.0 cm³/mol. The van der Waals surface area contributed by atoms with Gasteiger partial charge in [-0.3, -0.25) is 0 Å². The summed E-state index contributed by atoms with van der Waals surface area (Å²) in [5.41, 5.74) is 4.64. The van der Waals surface area contributed by atoms with Crippen molar-refractivity contribution in [3.8, 4) is 11.3 Å². The van der Waals surface area contributed by atoms with E-state index in [1.54, 1.807) is 0 Å². The fraction of sp³-hybridized carbons (Fsp3) is 0.235. The summed E-state index contributed by atoms with van der Waals surface area (Å²) in [5.74, 6) is 0. The van der Waals surface area contributed by atoms with Crippen molar-refractivity contribution in [2.45, 2.75) is 26.2 Å². The lowest BCUT2D eigenvalue weighted by atomic mass is 9.86. The van der Waals surface area contributed by atoms with Crippen LogP contribution < -0.4 is 0 Å². The second kappa shape index (κ2) is 4.74. The van der Waals surface area contributed by atoms with Crippen LogP contribution in [0.4, 0.5) is 0 Å². The fourth-order valence-electron chi connectivity index (χ4n) is 2.24. The lowest BCUT2D eigenvalue weighted by Gasteiger charge is -2.18. The van der Waals surface area contributed by atoms with Crippen LogP contribution in [0.3, 0.4) is 0 Å². The molecule has 0 bridgehead atoms. The zero-order valence-corrected chi connectivity index (χ0v) is 13.5. The number of hydrogen-bond acceptors (Lipinski definition) is 1. The van der Waals surface area contributed by atoms with Gasteiger partial charge in [-0.15, -0.1) is 0 Å². The Hall–Kier alpha value is -1.61. The quantitative estimate of drug-likeness (QED) is 0.610. The molecule has 0 amide bonds. The zero-order valence-electron chi connectivity index (χ0n) is 11.9. The number of halogens is 1. The third-order valence-corrected chi connectivity index (χ3v) is 3.93. The van der Waals surface area contributed by atoms with Crippen LogP contribution in [-0.4, -0.2) is 9.38 Å². The molecular formula is C17H17BrN2. The number of rotatable bonds is 1. The maximum atomic E-state index is 4.66. The predicted octanol–water partition coefficient (Wildman–Crippen LogP) is 5.06. The first-order valence-corrected chi connectivity index (χ1v) is 7.48. The van der Waals surface area contributed by atoms with Gasteiger partial charge in [-0.1, -0.05) is 45.0 Å². The molecule has 2 heterocycles. The Labute approximate surface area is 127 Å². The van der Waals surface area contributed by atoms with Gasteiger partial charge in [0.15, 0.2) is 0 Å². The van der Waals surface area contributed by atoms with Crippen LogP contribution in [-0.2, 0) is 5.41 Å². The van der Waals surface area contributed by atoms with Gasteiger partial charge in [-0.05, 0) is 39.0 Å². The minimum Gasteiger partial charge on any atom is -0.305 e. The maximum Gasteiger partial charge on any atom is 0.137 e. The number of fused-ring (bicyclic) bond motifs is 1. The van der Waals surface area contributed by atoms with E-state index < -0.39 is 0 Å². The summed E-state index contributed by atoms with van der Waals surface area (Å²) in [6, 6.07) is 12.7. The van der Waals surface area contributed by atoms with Gasteiger partial charge in [0.1, 0.15) is 5.65 Å². The molecule has 0 fully saturated rings. The average molecular weight is 329 g/mol. The first-order chi connectivity index (χ1) is 9.43. The first kappa shape index (κ1) is 13.4. The van der Waals surface area contributed by atoms with Crippen LogP contribution in [0.15, 0.2) is 53.3 Å². The van der Waals surface area contributed by atoms with Gasteiger partial charge in [0.25, 0.3) is 0 Å². The van der Waals surface area contributed by atoms with E-state index in [0.717, 1.165) is 21.4 Å². The number of pyridine rings is 1. The van der Waals surface area contributed by atoms with Gasteiger partial charge in [-0.25, -0.2) is 4.98 Å². The van der Waals surface area contributed by atoms with E-state index in [4.69, 9.17) is 0 Å². The molecule has 0 unspecified atom stereocenters. The van der Waals surface area contributed by atoms with Crippen molar-refractivity contribution in [2.24, 2.45) is 0 Å². The minimum absolute atomic E-state index is 0.183. The number of imidazole rings is 1. The van der Waals surface area contributed by atoms with Gasteiger partial charge in [0, 0.05) is 22.4 Å². The van der Waals surface area contributed by atoms with E-state index >= 15 is 0 Å². The molecule has 0 aliphatic heterocycles.